The number of morpholine rings is 1. The molecule has 1 heterocycles. The van der Waals surface area contributed by atoms with Gasteiger partial charge in [0.05, 0.1) is 19.3 Å². The number of carbonyl (C=O) groups excluding carboxylic acids is 1. The van der Waals surface area contributed by atoms with E-state index in [1.165, 1.54) is 0 Å². The number of rotatable bonds is 7. The zero-order valence-corrected chi connectivity index (χ0v) is 16.2. The van der Waals surface area contributed by atoms with E-state index >= 15 is 0 Å². The molecule has 0 bridgehead atoms. The minimum atomic E-state index is -0.878. The van der Waals surface area contributed by atoms with E-state index in [-0.39, 0.29) is 24.1 Å². The third-order valence-corrected chi connectivity index (χ3v) is 5.55. The summed E-state index contributed by atoms with van der Waals surface area (Å²) in [6, 6.07) is 7.70. The maximum Gasteiger partial charge on any atom is 0.317 e. The number of urea groups is 1. The molecular weight excluding hydrogens is 370 g/mol. The number of carboxylic acids is 1. The molecule has 2 fully saturated rings. The van der Waals surface area contributed by atoms with Crippen LogP contribution in [-0.4, -0.2) is 79.4 Å². The van der Waals surface area contributed by atoms with Gasteiger partial charge in [-0.1, -0.05) is 29.8 Å². The Morgan fingerprint density at radius 1 is 1.41 bits per heavy atom. The Hall–Kier alpha value is -1.83. The van der Waals surface area contributed by atoms with Crippen molar-refractivity contribution in [3.05, 3.63) is 34.9 Å². The van der Waals surface area contributed by atoms with Gasteiger partial charge in [-0.05, 0) is 31.5 Å². The molecule has 2 N–H and O–H groups in total. The number of likely N-dealkylation sites (N-methyl/N-ethyl adjacent to an activating group) is 1. The summed E-state index contributed by atoms with van der Waals surface area (Å²) in [7, 11) is 1.73. The lowest BCUT2D eigenvalue weighted by Gasteiger charge is -2.35. The lowest BCUT2D eigenvalue weighted by molar-refractivity contribution is -0.138. The van der Waals surface area contributed by atoms with E-state index in [0.29, 0.717) is 32.8 Å². The summed E-state index contributed by atoms with van der Waals surface area (Å²) in [5.74, 6) is -0.878. The molecular formula is C19H26ClN3O4. The zero-order valence-electron chi connectivity index (χ0n) is 15.5. The van der Waals surface area contributed by atoms with Gasteiger partial charge in [0.15, 0.2) is 0 Å². The number of aliphatic carboxylic acids is 1. The molecule has 1 saturated heterocycles. The third kappa shape index (κ3) is 5.12. The molecule has 0 spiro atoms. The number of amides is 2. The summed E-state index contributed by atoms with van der Waals surface area (Å²) < 4.78 is 5.68. The second-order valence-electron chi connectivity index (χ2n) is 7.45. The minimum Gasteiger partial charge on any atom is -0.480 e. The van der Waals surface area contributed by atoms with Crippen molar-refractivity contribution in [3.8, 4) is 0 Å². The van der Waals surface area contributed by atoms with E-state index in [0.717, 1.165) is 23.4 Å². The highest BCUT2D eigenvalue weighted by atomic mass is 35.5. The van der Waals surface area contributed by atoms with Gasteiger partial charge in [0.2, 0.25) is 0 Å². The largest absolute Gasteiger partial charge is 0.480 e. The van der Waals surface area contributed by atoms with Crippen LogP contribution in [0.3, 0.4) is 0 Å². The van der Waals surface area contributed by atoms with Crippen LogP contribution in [0, 0.1) is 0 Å². The number of carboxylic acid groups (broad SMARTS) is 1. The molecule has 2 amide bonds. The van der Waals surface area contributed by atoms with Crippen LogP contribution in [0.1, 0.15) is 18.4 Å². The van der Waals surface area contributed by atoms with Crippen LogP contribution >= 0.6 is 11.6 Å². The molecule has 1 aromatic rings. The smallest absolute Gasteiger partial charge is 0.317 e. The van der Waals surface area contributed by atoms with Gasteiger partial charge in [-0.3, -0.25) is 9.69 Å². The van der Waals surface area contributed by atoms with Crippen molar-refractivity contribution in [2.24, 2.45) is 0 Å². The van der Waals surface area contributed by atoms with Crippen LogP contribution < -0.4 is 5.32 Å². The molecule has 1 atom stereocenters. The van der Waals surface area contributed by atoms with Crippen molar-refractivity contribution in [3.63, 3.8) is 0 Å². The Balaban J connectivity index is 1.51. The molecule has 7 nitrogen and oxygen atoms in total. The molecule has 0 aromatic heterocycles. The van der Waals surface area contributed by atoms with Crippen LogP contribution in [-0.2, 0) is 14.9 Å². The van der Waals surface area contributed by atoms with Crippen LogP contribution in [0.2, 0.25) is 5.02 Å². The first-order chi connectivity index (χ1) is 12.9. The summed E-state index contributed by atoms with van der Waals surface area (Å²) >= 11 is 6.33. The number of nitrogens with zero attached hydrogens (tertiary/aromatic N) is 2. The Labute approximate surface area is 164 Å². The average Bonchev–Trinajstić information content (AvgIpc) is 3.40. The third-order valence-electron chi connectivity index (χ3n) is 5.22. The maximum atomic E-state index is 12.6. The van der Waals surface area contributed by atoms with Gasteiger partial charge in [-0.15, -0.1) is 0 Å². The van der Waals surface area contributed by atoms with Crippen LogP contribution in [0.4, 0.5) is 4.79 Å². The molecule has 2 aliphatic rings. The highest BCUT2D eigenvalue weighted by molar-refractivity contribution is 6.31. The molecule has 8 heteroatoms. The highest BCUT2D eigenvalue weighted by Crippen LogP contribution is 2.49. The predicted molar refractivity (Wildman–Crippen MR) is 102 cm³/mol. The van der Waals surface area contributed by atoms with Crippen LogP contribution in [0.15, 0.2) is 24.3 Å². The van der Waals surface area contributed by atoms with E-state index in [2.05, 4.69) is 5.32 Å². The fourth-order valence-electron chi connectivity index (χ4n) is 3.60. The Kier molecular flexibility index (Phi) is 6.24. The lowest BCUT2D eigenvalue weighted by Crippen LogP contribution is -2.53. The van der Waals surface area contributed by atoms with Crippen LogP contribution in [0.25, 0.3) is 0 Å². The summed E-state index contributed by atoms with van der Waals surface area (Å²) in [5, 5.41) is 12.7. The van der Waals surface area contributed by atoms with E-state index in [1.54, 1.807) is 16.8 Å². The molecule has 1 unspecified atom stereocenters. The second-order valence-corrected chi connectivity index (χ2v) is 7.86. The van der Waals surface area contributed by atoms with E-state index in [4.69, 9.17) is 21.4 Å². The average molecular weight is 396 g/mol. The normalized spacial score (nSPS) is 21.1. The minimum absolute atomic E-state index is 0.0492. The number of carbonyl (C=O) groups is 2. The van der Waals surface area contributed by atoms with Crippen molar-refractivity contribution < 1.29 is 19.4 Å². The Morgan fingerprint density at radius 2 is 2.15 bits per heavy atom. The second kappa shape index (κ2) is 8.46. The zero-order chi connectivity index (χ0) is 19.4. The molecule has 148 valence electrons. The van der Waals surface area contributed by atoms with Crippen molar-refractivity contribution >= 4 is 23.6 Å². The molecule has 1 aliphatic heterocycles. The summed E-state index contributed by atoms with van der Waals surface area (Å²) in [5.41, 5.74) is 1.05. The lowest BCUT2D eigenvalue weighted by atomic mass is 9.96. The first-order valence-corrected chi connectivity index (χ1v) is 9.57. The van der Waals surface area contributed by atoms with Gasteiger partial charge in [0.1, 0.15) is 0 Å². The van der Waals surface area contributed by atoms with Gasteiger partial charge < -0.3 is 20.1 Å². The molecule has 1 saturated carbocycles. The maximum absolute atomic E-state index is 12.6. The van der Waals surface area contributed by atoms with Gasteiger partial charge in [-0.25, -0.2) is 4.79 Å². The van der Waals surface area contributed by atoms with E-state index in [9.17, 15) is 9.59 Å². The molecule has 1 aromatic carbocycles. The fraction of sp³-hybridized carbons (Fsp3) is 0.579. The van der Waals surface area contributed by atoms with Gasteiger partial charge in [0, 0.05) is 36.6 Å². The SMILES string of the molecule is CN(CC(=O)O)CC1CN(C(=O)NCC2(c3ccccc3Cl)CC2)CCO1. The van der Waals surface area contributed by atoms with Crippen molar-refractivity contribution in [1.82, 2.24) is 15.1 Å². The van der Waals surface area contributed by atoms with Gasteiger partial charge in [-0.2, -0.15) is 0 Å². The number of hydrogen-bond acceptors (Lipinski definition) is 4. The number of benzene rings is 1. The molecule has 0 radical (unpaired) electrons. The van der Waals surface area contributed by atoms with Crippen LogP contribution in [0.5, 0.6) is 0 Å². The fourth-order valence-corrected chi connectivity index (χ4v) is 3.93. The number of ether oxygens (including phenoxy) is 1. The molecule has 27 heavy (non-hydrogen) atoms. The number of halogens is 1. The topological polar surface area (TPSA) is 82.1 Å². The van der Waals surface area contributed by atoms with Crippen molar-refractivity contribution in [2.45, 2.75) is 24.4 Å². The quantitative estimate of drug-likeness (QED) is 0.735. The monoisotopic (exact) mass is 395 g/mol. The molecule has 1 aliphatic carbocycles. The standard InChI is InChI=1S/C19H26ClN3O4/c1-22(12-17(24)25)10-14-11-23(8-9-27-14)18(26)21-13-19(6-7-19)15-4-2-3-5-16(15)20/h2-5,14H,6-13H2,1H3,(H,21,26)(H,24,25). The first-order valence-electron chi connectivity index (χ1n) is 9.19. The number of nitrogens with one attached hydrogen (secondary N) is 1. The van der Waals surface area contributed by atoms with E-state index in [1.807, 2.05) is 24.3 Å². The highest BCUT2D eigenvalue weighted by Gasteiger charge is 2.45. The predicted octanol–water partition coefficient (Wildman–Crippen LogP) is 1.80. The first kappa shape index (κ1) is 19.9. The summed E-state index contributed by atoms with van der Waals surface area (Å²) in [6.07, 6.45) is 1.85. The van der Waals surface area contributed by atoms with Gasteiger partial charge in [0.25, 0.3) is 0 Å². The van der Waals surface area contributed by atoms with Crippen molar-refractivity contribution in [2.75, 3.05) is 46.4 Å². The summed E-state index contributed by atoms with van der Waals surface area (Å²) in [6.45, 7) is 2.43. The van der Waals surface area contributed by atoms with Crippen molar-refractivity contribution in [1.29, 1.82) is 0 Å². The Morgan fingerprint density at radius 3 is 2.81 bits per heavy atom. The summed E-state index contributed by atoms with van der Waals surface area (Å²) in [4.78, 5) is 26.8. The Bertz CT molecular complexity index is 695. The van der Waals surface area contributed by atoms with E-state index < -0.39 is 5.97 Å². The molecule has 3 rings (SSSR count). The number of hydrogen-bond donors (Lipinski definition) is 2. The van der Waals surface area contributed by atoms with Gasteiger partial charge >= 0.3 is 12.0 Å².